The number of nitrogens with zero attached hydrogens (tertiary/aromatic N) is 4. The molecule has 1 amide bonds. The molecule has 0 aliphatic carbocycles. The molecule has 0 fully saturated rings. The van der Waals surface area contributed by atoms with Crippen LogP contribution in [0.4, 0.5) is 5.69 Å². The highest BCUT2D eigenvalue weighted by atomic mass is 32.2. The summed E-state index contributed by atoms with van der Waals surface area (Å²) in [7, 11) is -2.43. The SMILES string of the molecule is CCN(CC)S(=O)(=O)c1cc(-c2c(C(=O)Nc3c(C)cccc3C)nn3c(C)cc(C)nc23)ccc1OC. The molecule has 0 aliphatic heterocycles. The van der Waals surface area contributed by atoms with Crippen molar-refractivity contribution in [3.63, 3.8) is 0 Å². The van der Waals surface area contributed by atoms with E-state index in [1.807, 2.05) is 52.0 Å². The molecule has 2 aromatic heterocycles. The first-order chi connectivity index (χ1) is 18.0. The second-order valence-corrected chi connectivity index (χ2v) is 11.1. The van der Waals surface area contributed by atoms with Gasteiger partial charge in [-0.2, -0.15) is 9.40 Å². The lowest BCUT2D eigenvalue weighted by atomic mass is 10.0. The van der Waals surface area contributed by atoms with E-state index in [0.717, 1.165) is 22.5 Å². The summed E-state index contributed by atoms with van der Waals surface area (Å²) in [6.45, 7) is 11.8. The molecule has 0 saturated heterocycles. The second kappa shape index (κ2) is 10.5. The number of methoxy groups -OCH3 is 1. The van der Waals surface area contributed by atoms with Crippen LogP contribution in [0.15, 0.2) is 47.4 Å². The van der Waals surface area contributed by atoms with E-state index in [1.54, 1.807) is 36.6 Å². The molecule has 200 valence electrons. The molecule has 0 bridgehead atoms. The van der Waals surface area contributed by atoms with Crippen molar-refractivity contribution in [3.8, 4) is 16.9 Å². The number of sulfonamides is 1. The van der Waals surface area contributed by atoms with Crippen molar-refractivity contribution in [3.05, 3.63) is 70.7 Å². The first-order valence-corrected chi connectivity index (χ1v) is 13.9. The highest BCUT2D eigenvalue weighted by Crippen LogP contribution is 2.36. The number of carbonyl (C=O) groups is 1. The molecular formula is C28H33N5O4S. The molecule has 10 heteroatoms. The van der Waals surface area contributed by atoms with Crippen molar-refractivity contribution in [1.29, 1.82) is 0 Å². The van der Waals surface area contributed by atoms with Gasteiger partial charge in [-0.3, -0.25) is 4.79 Å². The van der Waals surface area contributed by atoms with Gasteiger partial charge in [0, 0.05) is 30.2 Å². The first kappa shape index (κ1) is 27.3. The molecule has 0 aliphatic rings. The third kappa shape index (κ3) is 4.77. The summed E-state index contributed by atoms with van der Waals surface area (Å²) in [5.41, 5.74) is 5.65. The van der Waals surface area contributed by atoms with Gasteiger partial charge in [0.05, 0.1) is 12.7 Å². The number of hydrogen-bond donors (Lipinski definition) is 1. The predicted octanol–water partition coefficient (Wildman–Crippen LogP) is 4.92. The van der Waals surface area contributed by atoms with E-state index >= 15 is 0 Å². The van der Waals surface area contributed by atoms with Crippen LogP contribution in [0.1, 0.15) is 46.9 Å². The summed E-state index contributed by atoms with van der Waals surface area (Å²) in [5.74, 6) is -0.192. The average Bonchev–Trinajstić information content (AvgIpc) is 3.26. The van der Waals surface area contributed by atoms with Crippen molar-refractivity contribution in [2.45, 2.75) is 46.4 Å². The number of anilines is 1. The zero-order valence-corrected chi connectivity index (χ0v) is 23.6. The van der Waals surface area contributed by atoms with Crippen LogP contribution in [0.3, 0.4) is 0 Å². The first-order valence-electron chi connectivity index (χ1n) is 12.5. The number of para-hydroxylation sites is 1. The van der Waals surface area contributed by atoms with Crippen molar-refractivity contribution < 1.29 is 17.9 Å². The number of nitrogens with one attached hydrogen (secondary N) is 1. The average molecular weight is 536 g/mol. The van der Waals surface area contributed by atoms with E-state index in [0.29, 0.717) is 35.6 Å². The van der Waals surface area contributed by atoms with Gasteiger partial charge >= 0.3 is 0 Å². The van der Waals surface area contributed by atoms with Gasteiger partial charge < -0.3 is 10.1 Å². The third-order valence-corrected chi connectivity index (χ3v) is 8.68. The minimum absolute atomic E-state index is 0.0195. The van der Waals surface area contributed by atoms with Gasteiger partial charge in [-0.25, -0.2) is 17.9 Å². The van der Waals surface area contributed by atoms with Crippen LogP contribution in [-0.2, 0) is 10.0 Å². The Kier molecular flexibility index (Phi) is 7.57. The predicted molar refractivity (Wildman–Crippen MR) is 148 cm³/mol. The Morgan fingerprint density at radius 3 is 2.29 bits per heavy atom. The number of ether oxygens (including phenoxy) is 1. The number of fused-ring (bicyclic) bond motifs is 1. The largest absolute Gasteiger partial charge is 0.495 e. The Balaban J connectivity index is 1.98. The number of rotatable bonds is 8. The number of benzene rings is 2. The molecule has 0 saturated carbocycles. The second-order valence-electron chi connectivity index (χ2n) is 9.17. The van der Waals surface area contributed by atoms with Gasteiger partial charge in [0.2, 0.25) is 10.0 Å². The van der Waals surface area contributed by atoms with Gasteiger partial charge in [0.15, 0.2) is 11.3 Å². The van der Waals surface area contributed by atoms with Crippen LogP contribution < -0.4 is 10.1 Å². The highest BCUT2D eigenvalue weighted by Gasteiger charge is 2.29. The maximum Gasteiger partial charge on any atom is 0.276 e. The molecule has 0 radical (unpaired) electrons. The fourth-order valence-corrected chi connectivity index (χ4v) is 6.31. The molecule has 38 heavy (non-hydrogen) atoms. The van der Waals surface area contributed by atoms with E-state index < -0.39 is 15.9 Å². The maximum absolute atomic E-state index is 13.7. The number of aryl methyl sites for hydroxylation is 4. The van der Waals surface area contributed by atoms with Gasteiger partial charge in [-0.15, -0.1) is 0 Å². The van der Waals surface area contributed by atoms with Crippen LogP contribution in [0.5, 0.6) is 5.75 Å². The monoisotopic (exact) mass is 535 g/mol. The standard InChI is InChI=1S/C28H33N5O4S/c1-8-32(9-2)38(35,36)23-16-21(13-14-22(23)37-7)24-26(31-33-20(6)15-19(5)29-27(24)33)28(34)30-25-17(3)11-10-12-18(25)4/h10-16H,8-9H2,1-7H3,(H,30,34). The fourth-order valence-electron chi connectivity index (χ4n) is 4.67. The lowest BCUT2D eigenvalue weighted by molar-refractivity contribution is 0.102. The van der Waals surface area contributed by atoms with Crippen LogP contribution in [0.2, 0.25) is 0 Å². The Morgan fingerprint density at radius 1 is 1.03 bits per heavy atom. The van der Waals surface area contributed by atoms with E-state index in [1.165, 1.54) is 11.4 Å². The smallest absolute Gasteiger partial charge is 0.276 e. The summed E-state index contributed by atoms with van der Waals surface area (Å²) >= 11 is 0. The van der Waals surface area contributed by atoms with Crippen LogP contribution in [0, 0.1) is 27.7 Å². The number of hydrogen-bond acceptors (Lipinski definition) is 6. The lowest BCUT2D eigenvalue weighted by Gasteiger charge is -2.20. The number of amides is 1. The summed E-state index contributed by atoms with van der Waals surface area (Å²) in [6, 6.07) is 12.5. The molecule has 2 heterocycles. The van der Waals surface area contributed by atoms with Crippen molar-refractivity contribution >= 4 is 27.3 Å². The molecule has 4 aromatic rings. The summed E-state index contributed by atoms with van der Waals surface area (Å²) in [4.78, 5) is 18.4. The van der Waals surface area contributed by atoms with Crippen molar-refractivity contribution in [1.82, 2.24) is 18.9 Å². The van der Waals surface area contributed by atoms with Crippen molar-refractivity contribution in [2.24, 2.45) is 0 Å². The highest BCUT2D eigenvalue weighted by molar-refractivity contribution is 7.89. The normalized spacial score (nSPS) is 11.8. The van der Waals surface area contributed by atoms with Gasteiger partial charge in [0.25, 0.3) is 5.91 Å². The Bertz CT molecular complexity index is 1620. The Morgan fingerprint density at radius 2 is 1.68 bits per heavy atom. The van der Waals surface area contributed by atoms with Crippen LogP contribution in [0.25, 0.3) is 16.8 Å². The van der Waals surface area contributed by atoms with E-state index in [9.17, 15) is 13.2 Å². The molecule has 4 rings (SSSR count). The summed E-state index contributed by atoms with van der Waals surface area (Å²) < 4.78 is 35.5. The molecule has 1 N–H and O–H groups in total. The minimum atomic E-state index is -3.86. The van der Waals surface area contributed by atoms with Gasteiger partial charge in [0.1, 0.15) is 10.6 Å². The topological polar surface area (TPSA) is 106 Å². The maximum atomic E-state index is 13.7. The molecule has 0 unspecified atom stereocenters. The van der Waals surface area contributed by atoms with Gasteiger partial charge in [-0.05, 0) is 62.6 Å². The number of carbonyl (C=O) groups excluding carboxylic acids is 1. The molecular weight excluding hydrogens is 502 g/mol. The van der Waals surface area contributed by atoms with Crippen molar-refractivity contribution in [2.75, 3.05) is 25.5 Å². The zero-order valence-electron chi connectivity index (χ0n) is 22.8. The Hall–Kier alpha value is -3.76. The van der Waals surface area contributed by atoms with Crippen LogP contribution in [-0.4, -0.2) is 53.4 Å². The summed E-state index contributed by atoms with van der Waals surface area (Å²) in [5, 5.41) is 7.65. The third-order valence-electron chi connectivity index (χ3n) is 6.61. The lowest BCUT2D eigenvalue weighted by Crippen LogP contribution is -2.30. The van der Waals surface area contributed by atoms with Crippen LogP contribution >= 0.6 is 0 Å². The Labute approximate surface area is 223 Å². The van der Waals surface area contributed by atoms with E-state index in [4.69, 9.17) is 4.74 Å². The van der Waals surface area contributed by atoms with E-state index in [-0.39, 0.29) is 16.3 Å². The molecule has 2 aromatic carbocycles. The molecule has 9 nitrogen and oxygen atoms in total. The fraction of sp³-hybridized carbons (Fsp3) is 0.321. The molecule has 0 spiro atoms. The zero-order chi connectivity index (χ0) is 27.8. The van der Waals surface area contributed by atoms with Gasteiger partial charge in [-0.1, -0.05) is 38.1 Å². The molecule has 0 atom stereocenters. The number of aromatic nitrogens is 3. The summed E-state index contributed by atoms with van der Waals surface area (Å²) in [6.07, 6.45) is 0. The van der Waals surface area contributed by atoms with E-state index in [2.05, 4.69) is 15.4 Å². The quantitative estimate of drug-likeness (QED) is 0.343. The minimum Gasteiger partial charge on any atom is -0.495 e.